The third-order valence-electron chi connectivity index (χ3n) is 7.47. The first-order chi connectivity index (χ1) is 16.5. The van der Waals surface area contributed by atoms with Gasteiger partial charge in [-0.3, -0.25) is 0 Å². The minimum Gasteiger partial charge on any atom is -0.356 e. The van der Waals surface area contributed by atoms with E-state index in [0.717, 1.165) is 48.2 Å². The molecule has 1 saturated carbocycles. The maximum absolute atomic E-state index is 13.5. The maximum Gasteiger partial charge on any atom is 0.226 e. The minimum atomic E-state index is -0.252. The Labute approximate surface area is 203 Å². The topological polar surface area (TPSA) is 70.1 Å². The van der Waals surface area contributed by atoms with E-state index in [4.69, 9.17) is 16.6 Å². The minimum absolute atomic E-state index is 0.192. The first-order valence-electron chi connectivity index (χ1n) is 11.9. The quantitative estimate of drug-likeness (QED) is 0.531. The van der Waals surface area contributed by atoms with E-state index in [2.05, 4.69) is 43.1 Å². The highest BCUT2D eigenvalue weighted by Gasteiger charge is 2.43. The van der Waals surface area contributed by atoms with Gasteiger partial charge < -0.3 is 15.1 Å². The molecule has 1 saturated heterocycles. The van der Waals surface area contributed by atoms with E-state index in [-0.39, 0.29) is 11.7 Å². The Balaban J connectivity index is 1.25. The lowest BCUT2D eigenvalue weighted by Crippen LogP contribution is -2.48. The highest BCUT2D eigenvalue weighted by Crippen LogP contribution is 2.44. The molecule has 3 aliphatic rings. The predicted molar refractivity (Wildman–Crippen MR) is 131 cm³/mol. The van der Waals surface area contributed by atoms with Crippen LogP contribution in [0.25, 0.3) is 0 Å². The van der Waals surface area contributed by atoms with Crippen LogP contribution in [0.4, 0.5) is 27.7 Å². The van der Waals surface area contributed by atoms with Gasteiger partial charge in [0, 0.05) is 54.6 Å². The highest BCUT2D eigenvalue weighted by atomic mass is 35.5. The molecule has 0 amide bonds. The van der Waals surface area contributed by atoms with E-state index in [0.29, 0.717) is 29.0 Å². The highest BCUT2D eigenvalue weighted by molar-refractivity contribution is 6.30. The van der Waals surface area contributed by atoms with Gasteiger partial charge in [-0.05, 0) is 55.9 Å². The molecule has 2 bridgehead atoms. The molecule has 34 heavy (non-hydrogen) atoms. The van der Waals surface area contributed by atoms with Crippen molar-refractivity contribution in [2.24, 2.45) is 11.8 Å². The van der Waals surface area contributed by atoms with Crippen LogP contribution in [0.5, 0.6) is 0 Å². The van der Waals surface area contributed by atoms with Gasteiger partial charge in [-0.15, -0.1) is 0 Å². The molecule has 176 valence electrons. The number of rotatable bonds is 4. The Hall–Kier alpha value is -3.00. The molecular formula is C25H27ClFN7. The SMILES string of the molecule is Cc1cc(N2CC3CCC(C2)C3Nc2nc(Cl)c3c(n2)N(c2ccc(F)cc2)C[C@@H]3C)ncn1. The fraction of sp³-hybridized carbons (Fsp3) is 0.440. The third kappa shape index (κ3) is 3.74. The lowest BCUT2D eigenvalue weighted by atomic mass is 9.92. The van der Waals surface area contributed by atoms with Gasteiger partial charge in [-0.1, -0.05) is 18.5 Å². The van der Waals surface area contributed by atoms with Crippen LogP contribution in [0.15, 0.2) is 36.7 Å². The molecule has 0 spiro atoms. The first-order valence-corrected chi connectivity index (χ1v) is 12.2. The van der Waals surface area contributed by atoms with Crippen molar-refractivity contribution in [1.82, 2.24) is 19.9 Å². The molecule has 4 heterocycles. The molecule has 3 atom stereocenters. The van der Waals surface area contributed by atoms with E-state index in [1.165, 1.54) is 25.0 Å². The second kappa shape index (κ2) is 8.34. The normalized spacial score (nSPS) is 25.5. The standard InChI is InChI=1S/C25H27ClFN7/c1-14-10-34(19-7-5-18(27)6-8-19)24-21(14)23(26)31-25(32-24)30-22-16-3-4-17(22)12-33(11-16)20-9-15(2)28-13-29-20/h5-9,13-14,16-17,22H,3-4,10-12H2,1-2H3,(H,30,31,32)/t14-,16?,17?,22?/m0/s1. The summed E-state index contributed by atoms with van der Waals surface area (Å²) in [7, 11) is 0. The van der Waals surface area contributed by atoms with Crippen molar-refractivity contribution in [3.63, 3.8) is 0 Å². The van der Waals surface area contributed by atoms with Crippen molar-refractivity contribution in [3.05, 3.63) is 58.9 Å². The van der Waals surface area contributed by atoms with Gasteiger partial charge in [-0.2, -0.15) is 4.98 Å². The van der Waals surface area contributed by atoms with E-state index in [1.807, 2.05) is 6.92 Å². The molecule has 2 aromatic heterocycles. The molecule has 9 heteroatoms. The zero-order chi connectivity index (χ0) is 23.4. The number of benzene rings is 1. The molecule has 2 unspecified atom stereocenters. The van der Waals surface area contributed by atoms with Crippen LogP contribution >= 0.6 is 11.6 Å². The first kappa shape index (κ1) is 21.5. The summed E-state index contributed by atoms with van der Waals surface area (Å²) in [5, 5.41) is 4.13. The van der Waals surface area contributed by atoms with Gasteiger partial charge in [-0.25, -0.2) is 19.3 Å². The Kier molecular flexibility index (Phi) is 5.28. The molecular weight excluding hydrogens is 453 g/mol. The smallest absolute Gasteiger partial charge is 0.226 e. The van der Waals surface area contributed by atoms with E-state index in [9.17, 15) is 4.39 Å². The number of nitrogens with zero attached hydrogens (tertiary/aromatic N) is 6. The number of nitrogens with one attached hydrogen (secondary N) is 1. The summed E-state index contributed by atoms with van der Waals surface area (Å²) < 4.78 is 13.5. The van der Waals surface area contributed by atoms with Gasteiger partial charge in [0.1, 0.15) is 28.9 Å². The van der Waals surface area contributed by atoms with E-state index >= 15 is 0 Å². The average molecular weight is 480 g/mol. The van der Waals surface area contributed by atoms with Crippen LogP contribution in [0.2, 0.25) is 5.15 Å². The molecule has 2 fully saturated rings. The summed E-state index contributed by atoms with van der Waals surface area (Å²) in [4.78, 5) is 22.8. The molecule has 1 N–H and O–H groups in total. The van der Waals surface area contributed by atoms with Gasteiger partial charge in [0.25, 0.3) is 0 Å². The Morgan fingerprint density at radius 3 is 2.47 bits per heavy atom. The number of hydrogen-bond donors (Lipinski definition) is 1. The zero-order valence-electron chi connectivity index (χ0n) is 19.2. The summed E-state index contributed by atoms with van der Waals surface area (Å²) in [5.74, 6) is 3.29. The monoisotopic (exact) mass is 479 g/mol. The molecule has 3 aromatic rings. The number of piperidine rings is 1. The van der Waals surface area contributed by atoms with Crippen molar-refractivity contribution < 1.29 is 4.39 Å². The van der Waals surface area contributed by atoms with Crippen molar-refractivity contribution in [3.8, 4) is 0 Å². The zero-order valence-corrected chi connectivity index (χ0v) is 20.0. The van der Waals surface area contributed by atoms with Crippen molar-refractivity contribution in [2.75, 3.05) is 34.8 Å². The molecule has 6 rings (SSSR count). The number of aryl methyl sites for hydroxylation is 1. The Morgan fingerprint density at radius 2 is 1.76 bits per heavy atom. The lowest BCUT2D eigenvalue weighted by molar-refractivity contribution is 0.374. The summed E-state index contributed by atoms with van der Waals surface area (Å²) in [6.45, 7) is 6.75. The maximum atomic E-state index is 13.5. The molecule has 0 radical (unpaired) electrons. The lowest BCUT2D eigenvalue weighted by Gasteiger charge is -2.39. The second-order valence-electron chi connectivity index (χ2n) is 9.75. The van der Waals surface area contributed by atoms with E-state index < -0.39 is 0 Å². The largest absolute Gasteiger partial charge is 0.356 e. The number of anilines is 4. The fourth-order valence-corrected chi connectivity index (χ4v) is 6.18. The number of fused-ring (bicyclic) bond motifs is 3. The van der Waals surface area contributed by atoms with Crippen molar-refractivity contribution >= 4 is 34.9 Å². The van der Waals surface area contributed by atoms with Gasteiger partial charge in [0.15, 0.2) is 0 Å². The van der Waals surface area contributed by atoms with Crippen molar-refractivity contribution in [1.29, 1.82) is 0 Å². The van der Waals surface area contributed by atoms with Crippen LogP contribution in [-0.4, -0.2) is 45.6 Å². The number of hydrogen-bond acceptors (Lipinski definition) is 7. The third-order valence-corrected chi connectivity index (χ3v) is 7.75. The fourth-order valence-electron chi connectivity index (χ4n) is 5.83. The molecule has 2 aliphatic heterocycles. The van der Waals surface area contributed by atoms with Crippen LogP contribution in [0.3, 0.4) is 0 Å². The van der Waals surface area contributed by atoms with Crippen LogP contribution < -0.4 is 15.1 Å². The average Bonchev–Trinajstić information content (AvgIpc) is 3.25. The van der Waals surface area contributed by atoms with Gasteiger partial charge in [0.05, 0.1) is 0 Å². The van der Waals surface area contributed by atoms with Crippen molar-refractivity contribution in [2.45, 2.75) is 38.6 Å². The summed E-state index contributed by atoms with van der Waals surface area (Å²) in [5.41, 5.74) is 2.84. The molecule has 7 nitrogen and oxygen atoms in total. The summed E-state index contributed by atoms with van der Waals surface area (Å²) in [6, 6.07) is 8.87. The summed E-state index contributed by atoms with van der Waals surface area (Å²) >= 11 is 6.67. The number of halogens is 2. The molecule has 1 aromatic carbocycles. The van der Waals surface area contributed by atoms with Crippen LogP contribution in [0, 0.1) is 24.6 Å². The van der Waals surface area contributed by atoms with E-state index in [1.54, 1.807) is 18.5 Å². The van der Waals surface area contributed by atoms with Gasteiger partial charge in [0.2, 0.25) is 5.95 Å². The summed E-state index contributed by atoms with van der Waals surface area (Å²) in [6.07, 6.45) is 3.98. The number of aromatic nitrogens is 4. The molecule has 1 aliphatic carbocycles. The predicted octanol–water partition coefficient (Wildman–Crippen LogP) is 4.95. The van der Waals surface area contributed by atoms with Crippen LogP contribution in [-0.2, 0) is 0 Å². The van der Waals surface area contributed by atoms with Gasteiger partial charge >= 0.3 is 0 Å². The Bertz CT molecular complexity index is 1210. The second-order valence-corrected chi connectivity index (χ2v) is 10.1. The Morgan fingerprint density at radius 1 is 1.03 bits per heavy atom. The van der Waals surface area contributed by atoms with Crippen LogP contribution in [0.1, 0.15) is 36.9 Å².